The van der Waals surface area contributed by atoms with E-state index < -0.39 is 6.04 Å². The van der Waals surface area contributed by atoms with Crippen molar-refractivity contribution >= 4 is 17.5 Å². The molecule has 2 heterocycles. The van der Waals surface area contributed by atoms with Crippen molar-refractivity contribution in [1.29, 1.82) is 0 Å². The van der Waals surface area contributed by atoms with Crippen molar-refractivity contribution in [2.45, 2.75) is 58.4 Å². The number of carbonyl (C=O) groups excluding carboxylic acids is 2. The van der Waals surface area contributed by atoms with Crippen molar-refractivity contribution in [3.63, 3.8) is 0 Å². The van der Waals surface area contributed by atoms with E-state index in [0.717, 1.165) is 48.2 Å². The summed E-state index contributed by atoms with van der Waals surface area (Å²) in [6, 6.07) is 8.86. The predicted octanol–water partition coefficient (Wildman–Crippen LogP) is 4.13. The topological polar surface area (TPSA) is 105 Å². The number of hydrogen-bond acceptors (Lipinski definition) is 4. The second-order valence-electron chi connectivity index (χ2n) is 10.0. The van der Waals surface area contributed by atoms with Crippen molar-refractivity contribution in [3.05, 3.63) is 53.6 Å². The highest BCUT2D eigenvalue weighted by Crippen LogP contribution is 2.57. The zero-order chi connectivity index (χ0) is 23.9. The highest BCUT2D eigenvalue weighted by Gasteiger charge is 2.47. The smallest absolute Gasteiger partial charge is 0.270 e. The fourth-order valence-electron chi connectivity index (χ4n) is 5.39. The van der Waals surface area contributed by atoms with Crippen LogP contribution in [0.4, 0.5) is 5.69 Å². The third kappa shape index (κ3) is 4.36. The molecule has 2 aliphatic rings. The molecule has 1 spiro atoms. The SMILES string of the molecule is Cc1n[nH]c(C)c1-c1ccc(NC(=O)C(NC(=O)c2ccnn2C)C2CCC3(CC2)CC3)cc1. The summed E-state index contributed by atoms with van der Waals surface area (Å²) in [7, 11) is 1.73. The largest absolute Gasteiger partial charge is 0.339 e. The molecule has 34 heavy (non-hydrogen) atoms. The van der Waals surface area contributed by atoms with Crippen LogP contribution in [0.2, 0.25) is 0 Å². The number of anilines is 1. The molecule has 0 aliphatic heterocycles. The Morgan fingerprint density at radius 3 is 2.35 bits per heavy atom. The maximum Gasteiger partial charge on any atom is 0.270 e. The number of aryl methyl sites for hydroxylation is 3. The Balaban J connectivity index is 1.32. The van der Waals surface area contributed by atoms with E-state index in [0.29, 0.717) is 16.8 Å². The lowest BCUT2D eigenvalue weighted by molar-refractivity contribution is -0.119. The van der Waals surface area contributed by atoms with Crippen molar-refractivity contribution in [1.82, 2.24) is 25.3 Å². The van der Waals surface area contributed by atoms with Crippen LogP contribution >= 0.6 is 0 Å². The number of nitrogens with zero attached hydrogens (tertiary/aromatic N) is 3. The molecule has 2 saturated carbocycles. The number of carbonyl (C=O) groups is 2. The molecule has 0 bridgehead atoms. The summed E-state index contributed by atoms with van der Waals surface area (Å²) in [5, 5.41) is 17.4. The van der Waals surface area contributed by atoms with Crippen molar-refractivity contribution in [2.24, 2.45) is 18.4 Å². The van der Waals surface area contributed by atoms with Gasteiger partial charge in [-0.3, -0.25) is 19.4 Å². The third-order valence-electron chi connectivity index (χ3n) is 7.71. The monoisotopic (exact) mass is 460 g/mol. The summed E-state index contributed by atoms with van der Waals surface area (Å²) >= 11 is 0. The van der Waals surface area contributed by atoms with E-state index in [2.05, 4.69) is 25.9 Å². The highest BCUT2D eigenvalue weighted by molar-refractivity contribution is 6.00. The summed E-state index contributed by atoms with van der Waals surface area (Å²) in [4.78, 5) is 26.4. The van der Waals surface area contributed by atoms with E-state index in [-0.39, 0.29) is 17.7 Å². The number of benzene rings is 1. The third-order valence-corrected chi connectivity index (χ3v) is 7.71. The molecule has 2 fully saturated rings. The molecule has 0 radical (unpaired) electrons. The van der Waals surface area contributed by atoms with Crippen LogP contribution in [0.15, 0.2) is 36.5 Å². The number of aromatic nitrogens is 4. The van der Waals surface area contributed by atoms with Crippen LogP contribution in [0.5, 0.6) is 0 Å². The maximum atomic E-state index is 13.4. The molecule has 2 aliphatic carbocycles. The van der Waals surface area contributed by atoms with Gasteiger partial charge in [0.15, 0.2) is 0 Å². The van der Waals surface area contributed by atoms with Crippen LogP contribution in [0.25, 0.3) is 11.1 Å². The van der Waals surface area contributed by atoms with Gasteiger partial charge in [0.2, 0.25) is 5.91 Å². The Morgan fingerprint density at radius 1 is 1.09 bits per heavy atom. The standard InChI is InChI=1S/C26H32N6O2/c1-16-22(17(2)31-30-16)18-4-6-20(7-5-18)28-25(34)23(19-8-11-26(12-9-19)13-14-26)29-24(33)21-10-15-27-32(21)3/h4-7,10,15,19,23H,8-9,11-14H2,1-3H3,(H,28,34)(H,29,33)(H,30,31). The van der Waals surface area contributed by atoms with Gasteiger partial charge in [0.05, 0.1) is 5.69 Å². The van der Waals surface area contributed by atoms with Gasteiger partial charge in [-0.1, -0.05) is 12.1 Å². The van der Waals surface area contributed by atoms with Crippen molar-refractivity contribution < 1.29 is 9.59 Å². The average Bonchev–Trinajstić information content (AvgIpc) is 3.29. The molecule has 0 saturated heterocycles. The lowest BCUT2D eigenvalue weighted by atomic mass is 9.76. The predicted molar refractivity (Wildman–Crippen MR) is 130 cm³/mol. The molecule has 1 aromatic carbocycles. The summed E-state index contributed by atoms with van der Waals surface area (Å²) in [5.41, 5.74) is 5.75. The number of nitrogens with one attached hydrogen (secondary N) is 3. The van der Waals surface area contributed by atoms with Crippen LogP contribution in [0.1, 0.15) is 60.4 Å². The number of aromatic amines is 1. The first-order valence-corrected chi connectivity index (χ1v) is 12.1. The van der Waals surface area contributed by atoms with E-state index >= 15 is 0 Å². The molecule has 3 aromatic rings. The summed E-state index contributed by atoms with van der Waals surface area (Å²) < 4.78 is 1.53. The van der Waals surface area contributed by atoms with Gasteiger partial charge in [-0.15, -0.1) is 0 Å². The van der Waals surface area contributed by atoms with Gasteiger partial charge in [0, 0.05) is 30.2 Å². The van der Waals surface area contributed by atoms with Crippen LogP contribution in [-0.4, -0.2) is 37.8 Å². The van der Waals surface area contributed by atoms with Gasteiger partial charge < -0.3 is 10.6 Å². The zero-order valence-corrected chi connectivity index (χ0v) is 20.0. The normalized spacial score (nSPS) is 18.0. The van der Waals surface area contributed by atoms with E-state index in [4.69, 9.17) is 0 Å². The Bertz CT molecular complexity index is 1170. The van der Waals surface area contributed by atoms with Gasteiger partial charge in [-0.25, -0.2) is 0 Å². The van der Waals surface area contributed by atoms with Gasteiger partial charge in [0.1, 0.15) is 11.7 Å². The highest BCUT2D eigenvalue weighted by atomic mass is 16.2. The number of amides is 2. The minimum atomic E-state index is -0.587. The van der Waals surface area contributed by atoms with Crippen LogP contribution in [-0.2, 0) is 11.8 Å². The molecule has 8 nitrogen and oxygen atoms in total. The molecular formula is C26H32N6O2. The average molecular weight is 461 g/mol. The Labute approximate surface area is 199 Å². The summed E-state index contributed by atoms with van der Waals surface area (Å²) in [6.07, 6.45) is 8.40. The van der Waals surface area contributed by atoms with Gasteiger partial charge in [-0.2, -0.15) is 10.2 Å². The lowest BCUT2D eigenvalue weighted by Crippen LogP contribution is -2.49. The quantitative estimate of drug-likeness (QED) is 0.514. The van der Waals surface area contributed by atoms with E-state index in [1.807, 2.05) is 38.1 Å². The number of hydrogen-bond donors (Lipinski definition) is 3. The van der Waals surface area contributed by atoms with Gasteiger partial charge in [0.25, 0.3) is 5.91 Å². The Kier molecular flexibility index (Phi) is 5.75. The number of rotatable bonds is 6. The summed E-state index contributed by atoms with van der Waals surface area (Å²) in [6.45, 7) is 3.97. The molecule has 5 rings (SSSR count). The first-order chi connectivity index (χ1) is 16.3. The zero-order valence-electron chi connectivity index (χ0n) is 20.0. The first-order valence-electron chi connectivity index (χ1n) is 12.1. The van der Waals surface area contributed by atoms with Crippen LogP contribution < -0.4 is 10.6 Å². The second-order valence-corrected chi connectivity index (χ2v) is 10.0. The molecular weight excluding hydrogens is 428 g/mol. The Hall–Kier alpha value is -3.42. The maximum absolute atomic E-state index is 13.4. The van der Waals surface area contributed by atoms with Crippen LogP contribution in [0.3, 0.4) is 0 Å². The van der Waals surface area contributed by atoms with Crippen molar-refractivity contribution in [3.8, 4) is 11.1 Å². The molecule has 3 N–H and O–H groups in total. The molecule has 2 amide bonds. The van der Waals surface area contributed by atoms with Crippen LogP contribution in [0, 0.1) is 25.2 Å². The van der Waals surface area contributed by atoms with E-state index in [9.17, 15) is 9.59 Å². The lowest BCUT2D eigenvalue weighted by Gasteiger charge is -2.33. The van der Waals surface area contributed by atoms with Crippen molar-refractivity contribution in [2.75, 3.05) is 5.32 Å². The van der Waals surface area contributed by atoms with Gasteiger partial charge in [-0.05, 0) is 87.5 Å². The molecule has 1 atom stereocenters. The Morgan fingerprint density at radius 2 is 1.79 bits per heavy atom. The minimum absolute atomic E-state index is 0.124. The molecule has 178 valence electrons. The molecule has 8 heteroatoms. The van der Waals surface area contributed by atoms with Gasteiger partial charge >= 0.3 is 0 Å². The summed E-state index contributed by atoms with van der Waals surface area (Å²) in [5.74, 6) is -0.317. The number of H-pyrrole nitrogens is 1. The molecule has 2 aromatic heterocycles. The minimum Gasteiger partial charge on any atom is -0.339 e. The first kappa shape index (κ1) is 22.4. The van der Waals surface area contributed by atoms with E-state index in [1.165, 1.54) is 17.5 Å². The molecule has 1 unspecified atom stereocenters. The second kappa shape index (κ2) is 8.74. The van der Waals surface area contributed by atoms with E-state index in [1.54, 1.807) is 19.3 Å². The fraction of sp³-hybridized carbons (Fsp3) is 0.462. The fourth-order valence-corrected chi connectivity index (χ4v) is 5.39.